The zero-order valence-corrected chi connectivity index (χ0v) is 10.9. The van der Waals surface area contributed by atoms with Crippen molar-refractivity contribution < 1.29 is 19.7 Å². The van der Waals surface area contributed by atoms with Crippen molar-refractivity contribution in [1.29, 1.82) is 0 Å². The number of phenolic OH excluding ortho intramolecular Hbond substituents is 2. The highest BCUT2D eigenvalue weighted by Crippen LogP contribution is 2.34. The van der Waals surface area contributed by atoms with Gasteiger partial charge in [-0.25, -0.2) is 0 Å². The normalized spacial score (nSPS) is 15.2. The Balaban J connectivity index is 2.01. The molecule has 0 spiro atoms. The number of rotatable bonds is 1. The van der Waals surface area contributed by atoms with Crippen LogP contribution in [0.2, 0.25) is 5.02 Å². The van der Waals surface area contributed by atoms with Gasteiger partial charge in [0.1, 0.15) is 17.2 Å². The number of Topliss-reactive ketones (excluding diaryl/α,β-unsaturated/α-hetero) is 1. The van der Waals surface area contributed by atoms with E-state index in [-0.39, 0.29) is 23.0 Å². The standard InChI is InChI=1S/C15H9ClO4/c16-9-2-4-13-11(6-9)15(19)14(20-13)5-8-1-3-10(17)7-12(8)18/h1-7,17-18H/b14-5-. The molecule has 0 radical (unpaired) electrons. The molecule has 0 atom stereocenters. The number of halogens is 1. The van der Waals surface area contributed by atoms with Crippen LogP contribution in [0, 0.1) is 0 Å². The second-order valence-electron chi connectivity index (χ2n) is 4.32. The van der Waals surface area contributed by atoms with Crippen LogP contribution in [-0.4, -0.2) is 16.0 Å². The summed E-state index contributed by atoms with van der Waals surface area (Å²) in [6, 6.07) is 8.88. The quantitative estimate of drug-likeness (QED) is 0.790. The lowest BCUT2D eigenvalue weighted by Crippen LogP contribution is -1.98. The van der Waals surface area contributed by atoms with E-state index >= 15 is 0 Å². The minimum Gasteiger partial charge on any atom is -0.508 e. The summed E-state index contributed by atoms with van der Waals surface area (Å²) in [6.07, 6.45) is 1.42. The van der Waals surface area contributed by atoms with Crippen LogP contribution in [0.1, 0.15) is 15.9 Å². The largest absolute Gasteiger partial charge is 0.508 e. The van der Waals surface area contributed by atoms with Crippen LogP contribution in [0.4, 0.5) is 0 Å². The van der Waals surface area contributed by atoms with E-state index in [0.717, 1.165) is 0 Å². The molecule has 5 heteroatoms. The van der Waals surface area contributed by atoms with E-state index in [1.54, 1.807) is 12.1 Å². The molecule has 2 aromatic carbocycles. The Bertz CT molecular complexity index is 750. The van der Waals surface area contributed by atoms with Crippen LogP contribution < -0.4 is 4.74 Å². The average molecular weight is 289 g/mol. The molecule has 0 saturated heterocycles. The van der Waals surface area contributed by atoms with Gasteiger partial charge in [-0.15, -0.1) is 0 Å². The van der Waals surface area contributed by atoms with Crippen molar-refractivity contribution in [3.05, 3.63) is 58.3 Å². The summed E-state index contributed by atoms with van der Waals surface area (Å²) in [7, 11) is 0. The van der Waals surface area contributed by atoms with Gasteiger partial charge in [0.25, 0.3) is 0 Å². The van der Waals surface area contributed by atoms with E-state index in [1.807, 2.05) is 0 Å². The molecule has 2 N–H and O–H groups in total. The van der Waals surface area contributed by atoms with Gasteiger partial charge >= 0.3 is 0 Å². The summed E-state index contributed by atoms with van der Waals surface area (Å²) in [6.45, 7) is 0. The van der Waals surface area contributed by atoms with E-state index in [2.05, 4.69) is 0 Å². The number of hydrogen-bond donors (Lipinski definition) is 2. The molecule has 3 rings (SSSR count). The molecule has 0 fully saturated rings. The molecule has 0 aromatic heterocycles. The third-order valence-corrected chi connectivity index (χ3v) is 3.17. The van der Waals surface area contributed by atoms with Gasteiger partial charge in [-0.2, -0.15) is 0 Å². The van der Waals surface area contributed by atoms with E-state index in [9.17, 15) is 15.0 Å². The minimum atomic E-state index is -0.296. The molecule has 2 aromatic rings. The van der Waals surface area contributed by atoms with Crippen molar-refractivity contribution in [2.75, 3.05) is 0 Å². The monoisotopic (exact) mass is 288 g/mol. The van der Waals surface area contributed by atoms with Gasteiger partial charge in [0.15, 0.2) is 5.76 Å². The topological polar surface area (TPSA) is 66.8 Å². The third-order valence-electron chi connectivity index (χ3n) is 2.93. The summed E-state index contributed by atoms with van der Waals surface area (Å²) in [5.41, 5.74) is 0.770. The molecule has 4 nitrogen and oxygen atoms in total. The first kappa shape index (κ1) is 12.6. The maximum atomic E-state index is 12.1. The summed E-state index contributed by atoms with van der Waals surface area (Å²) in [5.74, 6) is 0.0448. The van der Waals surface area contributed by atoms with Crippen LogP contribution >= 0.6 is 11.6 Å². The predicted octanol–water partition coefficient (Wildman–Crippen LogP) is 3.37. The van der Waals surface area contributed by atoms with Gasteiger partial charge in [-0.3, -0.25) is 4.79 Å². The van der Waals surface area contributed by atoms with E-state index in [1.165, 1.54) is 30.3 Å². The van der Waals surface area contributed by atoms with Crippen molar-refractivity contribution in [3.63, 3.8) is 0 Å². The zero-order valence-electron chi connectivity index (χ0n) is 10.1. The Morgan fingerprint density at radius 1 is 1.10 bits per heavy atom. The third kappa shape index (κ3) is 2.10. The van der Waals surface area contributed by atoms with Gasteiger partial charge in [-0.05, 0) is 36.4 Å². The smallest absolute Gasteiger partial charge is 0.232 e. The highest BCUT2D eigenvalue weighted by Gasteiger charge is 2.27. The SMILES string of the molecule is O=C1/C(=C/c2ccc(O)cc2O)Oc2ccc(Cl)cc21. The fourth-order valence-electron chi connectivity index (χ4n) is 1.96. The Kier molecular flexibility index (Phi) is 2.88. The van der Waals surface area contributed by atoms with Crippen LogP contribution in [-0.2, 0) is 0 Å². The Morgan fingerprint density at radius 3 is 2.65 bits per heavy atom. The predicted molar refractivity (Wildman–Crippen MR) is 74.2 cm³/mol. The molecule has 0 aliphatic carbocycles. The van der Waals surface area contributed by atoms with E-state index in [0.29, 0.717) is 21.9 Å². The highest BCUT2D eigenvalue weighted by molar-refractivity contribution is 6.31. The minimum absolute atomic E-state index is 0.0571. The molecular weight excluding hydrogens is 280 g/mol. The Hall–Kier alpha value is -2.46. The first-order valence-corrected chi connectivity index (χ1v) is 6.18. The molecule has 1 aliphatic rings. The fraction of sp³-hybridized carbons (Fsp3) is 0. The summed E-state index contributed by atoms with van der Waals surface area (Å²) < 4.78 is 5.44. The zero-order chi connectivity index (χ0) is 14.3. The van der Waals surface area contributed by atoms with Crippen molar-refractivity contribution in [2.45, 2.75) is 0 Å². The molecule has 0 saturated carbocycles. The molecule has 100 valence electrons. The summed E-state index contributed by atoms with van der Waals surface area (Å²) in [5, 5.41) is 19.4. The number of allylic oxidation sites excluding steroid dienone is 1. The van der Waals surface area contributed by atoms with Crippen molar-refractivity contribution in [1.82, 2.24) is 0 Å². The second kappa shape index (κ2) is 4.58. The molecule has 0 amide bonds. The molecule has 1 aliphatic heterocycles. The van der Waals surface area contributed by atoms with Gasteiger partial charge < -0.3 is 14.9 Å². The number of benzene rings is 2. The molecule has 0 unspecified atom stereocenters. The molecular formula is C15H9ClO4. The van der Waals surface area contributed by atoms with Crippen LogP contribution in [0.3, 0.4) is 0 Å². The summed E-state index contributed by atoms with van der Waals surface area (Å²) in [4.78, 5) is 12.1. The number of hydrogen-bond acceptors (Lipinski definition) is 4. The van der Waals surface area contributed by atoms with Crippen LogP contribution in [0.25, 0.3) is 6.08 Å². The first-order chi connectivity index (χ1) is 9.54. The van der Waals surface area contributed by atoms with E-state index in [4.69, 9.17) is 16.3 Å². The van der Waals surface area contributed by atoms with Crippen LogP contribution in [0.15, 0.2) is 42.2 Å². The van der Waals surface area contributed by atoms with Gasteiger partial charge in [0.2, 0.25) is 5.78 Å². The second-order valence-corrected chi connectivity index (χ2v) is 4.76. The lowest BCUT2D eigenvalue weighted by atomic mass is 10.1. The van der Waals surface area contributed by atoms with E-state index < -0.39 is 0 Å². The first-order valence-electron chi connectivity index (χ1n) is 5.80. The maximum Gasteiger partial charge on any atom is 0.232 e. The Labute approximate surface area is 119 Å². The number of ether oxygens (including phenoxy) is 1. The van der Waals surface area contributed by atoms with Crippen LogP contribution in [0.5, 0.6) is 17.2 Å². The Morgan fingerprint density at radius 2 is 1.90 bits per heavy atom. The average Bonchev–Trinajstić information content (AvgIpc) is 2.70. The van der Waals surface area contributed by atoms with Gasteiger partial charge in [0, 0.05) is 16.7 Å². The van der Waals surface area contributed by atoms with Gasteiger partial charge in [-0.1, -0.05) is 11.6 Å². The fourth-order valence-corrected chi connectivity index (χ4v) is 2.13. The number of fused-ring (bicyclic) bond motifs is 1. The highest BCUT2D eigenvalue weighted by atomic mass is 35.5. The number of carbonyl (C=O) groups is 1. The molecule has 1 heterocycles. The number of carbonyl (C=O) groups excluding carboxylic acids is 1. The lowest BCUT2D eigenvalue weighted by molar-refractivity contribution is 0.101. The maximum absolute atomic E-state index is 12.1. The molecule has 0 bridgehead atoms. The van der Waals surface area contributed by atoms with Crippen molar-refractivity contribution in [2.24, 2.45) is 0 Å². The van der Waals surface area contributed by atoms with Crippen molar-refractivity contribution in [3.8, 4) is 17.2 Å². The lowest BCUT2D eigenvalue weighted by Gasteiger charge is -2.01. The number of ketones is 1. The van der Waals surface area contributed by atoms with Crippen molar-refractivity contribution >= 4 is 23.5 Å². The summed E-state index contributed by atoms with van der Waals surface area (Å²) >= 11 is 5.84. The number of phenols is 2. The number of aromatic hydroxyl groups is 2. The van der Waals surface area contributed by atoms with Gasteiger partial charge in [0.05, 0.1) is 5.56 Å². The molecule has 20 heavy (non-hydrogen) atoms.